The topological polar surface area (TPSA) is 90.7 Å². The van der Waals surface area contributed by atoms with E-state index in [1.807, 2.05) is 6.92 Å². The van der Waals surface area contributed by atoms with Crippen LogP contribution in [-0.4, -0.2) is 31.6 Å². The van der Waals surface area contributed by atoms with Gasteiger partial charge in [-0.1, -0.05) is 13.0 Å². The number of para-hydroxylation sites is 1. The predicted octanol–water partition coefficient (Wildman–Crippen LogP) is 1.35. The van der Waals surface area contributed by atoms with Gasteiger partial charge in [0, 0.05) is 6.54 Å². The predicted molar refractivity (Wildman–Crippen MR) is 75.6 cm³/mol. The van der Waals surface area contributed by atoms with Crippen molar-refractivity contribution >= 4 is 17.6 Å². The van der Waals surface area contributed by atoms with Crippen LogP contribution < -0.4 is 15.8 Å². The Morgan fingerprint density at radius 1 is 1.40 bits per heavy atom. The first-order valence-corrected chi connectivity index (χ1v) is 6.42. The molecular weight excluding hydrogens is 260 g/mol. The molecule has 0 aliphatic heterocycles. The monoisotopic (exact) mass is 280 g/mol. The average molecular weight is 280 g/mol. The van der Waals surface area contributed by atoms with Gasteiger partial charge in [0.15, 0.2) is 11.9 Å². The summed E-state index contributed by atoms with van der Waals surface area (Å²) in [5, 5.41) is 2.66. The number of hydrogen-bond acceptors (Lipinski definition) is 5. The maximum atomic E-state index is 12.0. The molecule has 1 unspecified atom stereocenters. The van der Waals surface area contributed by atoms with Gasteiger partial charge in [0.2, 0.25) is 0 Å². The van der Waals surface area contributed by atoms with E-state index < -0.39 is 12.1 Å². The summed E-state index contributed by atoms with van der Waals surface area (Å²) in [6.45, 7) is 4.00. The SMILES string of the molecule is CCCNC(=O)C(C)OC(=O)c1cccc(N)c1OC. The molecule has 0 heterocycles. The first kappa shape index (κ1) is 15.8. The molecule has 0 fully saturated rings. The van der Waals surface area contributed by atoms with Gasteiger partial charge < -0.3 is 20.5 Å². The molecule has 0 aliphatic rings. The molecule has 1 rings (SSSR count). The molecule has 0 spiro atoms. The van der Waals surface area contributed by atoms with Gasteiger partial charge >= 0.3 is 5.97 Å². The second kappa shape index (κ2) is 7.37. The van der Waals surface area contributed by atoms with Crippen LogP contribution in [0.1, 0.15) is 30.6 Å². The zero-order chi connectivity index (χ0) is 15.1. The molecule has 0 aromatic heterocycles. The number of rotatable bonds is 6. The number of carbonyl (C=O) groups excluding carboxylic acids is 2. The fourth-order valence-corrected chi connectivity index (χ4v) is 1.61. The molecule has 3 N–H and O–H groups in total. The summed E-state index contributed by atoms with van der Waals surface area (Å²) in [4.78, 5) is 23.7. The zero-order valence-corrected chi connectivity index (χ0v) is 11.9. The molecule has 6 nitrogen and oxygen atoms in total. The third-order valence-corrected chi connectivity index (χ3v) is 2.67. The molecule has 110 valence electrons. The van der Waals surface area contributed by atoms with E-state index in [1.54, 1.807) is 12.1 Å². The smallest absolute Gasteiger partial charge is 0.342 e. The van der Waals surface area contributed by atoms with E-state index >= 15 is 0 Å². The lowest BCUT2D eigenvalue weighted by atomic mass is 10.1. The van der Waals surface area contributed by atoms with Crippen molar-refractivity contribution in [2.24, 2.45) is 0 Å². The quantitative estimate of drug-likeness (QED) is 0.606. The van der Waals surface area contributed by atoms with Crippen LogP contribution in [0.15, 0.2) is 18.2 Å². The highest BCUT2D eigenvalue weighted by Gasteiger charge is 2.21. The van der Waals surface area contributed by atoms with Crippen molar-refractivity contribution in [1.29, 1.82) is 0 Å². The highest BCUT2D eigenvalue weighted by Crippen LogP contribution is 2.26. The van der Waals surface area contributed by atoms with Gasteiger partial charge in [0.1, 0.15) is 5.56 Å². The number of anilines is 1. The van der Waals surface area contributed by atoms with Crippen molar-refractivity contribution < 1.29 is 19.1 Å². The zero-order valence-electron chi connectivity index (χ0n) is 11.9. The summed E-state index contributed by atoms with van der Waals surface area (Å²) in [6.07, 6.45) is -0.0599. The van der Waals surface area contributed by atoms with Crippen LogP contribution in [0.2, 0.25) is 0 Å². The number of nitrogen functional groups attached to an aromatic ring is 1. The normalized spacial score (nSPS) is 11.6. The van der Waals surface area contributed by atoms with E-state index in [0.29, 0.717) is 12.2 Å². The maximum absolute atomic E-state index is 12.0. The van der Waals surface area contributed by atoms with Gasteiger partial charge in [-0.2, -0.15) is 0 Å². The minimum atomic E-state index is -0.875. The van der Waals surface area contributed by atoms with E-state index in [1.165, 1.54) is 20.1 Å². The Hall–Kier alpha value is -2.24. The third kappa shape index (κ3) is 3.88. The fourth-order valence-electron chi connectivity index (χ4n) is 1.61. The van der Waals surface area contributed by atoms with Crippen LogP contribution in [0.25, 0.3) is 0 Å². The van der Waals surface area contributed by atoms with Gasteiger partial charge in [-0.3, -0.25) is 4.79 Å². The number of hydrogen-bond donors (Lipinski definition) is 2. The maximum Gasteiger partial charge on any atom is 0.342 e. The Morgan fingerprint density at radius 2 is 2.10 bits per heavy atom. The molecule has 6 heteroatoms. The number of methoxy groups -OCH3 is 1. The molecule has 20 heavy (non-hydrogen) atoms. The minimum absolute atomic E-state index is 0.197. The van der Waals surface area contributed by atoms with Gasteiger partial charge in [0.05, 0.1) is 12.8 Å². The van der Waals surface area contributed by atoms with E-state index in [2.05, 4.69) is 5.32 Å². The van der Waals surface area contributed by atoms with Crippen LogP contribution >= 0.6 is 0 Å². The van der Waals surface area contributed by atoms with Crippen LogP contribution in [0.5, 0.6) is 5.75 Å². The highest BCUT2D eigenvalue weighted by atomic mass is 16.5. The molecule has 1 amide bonds. The van der Waals surface area contributed by atoms with Crippen LogP contribution in [0, 0.1) is 0 Å². The third-order valence-electron chi connectivity index (χ3n) is 2.67. The van der Waals surface area contributed by atoms with Gasteiger partial charge in [-0.15, -0.1) is 0 Å². The molecule has 0 saturated carbocycles. The van der Waals surface area contributed by atoms with Crippen molar-refractivity contribution in [1.82, 2.24) is 5.32 Å². The average Bonchev–Trinajstić information content (AvgIpc) is 2.44. The molecule has 0 aliphatic carbocycles. The van der Waals surface area contributed by atoms with Crippen molar-refractivity contribution in [2.75, 3.05) is 19.4 Å². The summed E-state index contributed by atoms with van der Waals surface area (Å²) in [7, 11) is 1.42. The Kier molecular flexibility index (Phi) is 5.83. The number of amides is 1. The summed E-state index contributed by atoms with van der Waals surface area (Å²) in [6, 6.07) is 4.78. The fraction of sp³-hybridized carbons (Fsp3) is 0.429. The van der Waals surface area contributed by atoms with Crippen molar-refractivity contribution in [3.05, 3.63) is 23.8 Å². The lowest BCUT2D eigenvalue weighted by Gasteiger charge is -2.15. The number of nitrogens with one attached hydrogen (secondary N) is 1. The standard InChI is InChI=1S/C14H20N2O4/c1-4-8-16-13(17)9(2)20-14(18)10-6-5-7-11(15)12(10)19-3/h5-7,9H,4,8,15H2,1-3H3,(H,16,17). The Labute approximate surface area is 118 Å². The van der Waals surface area contributed by atoms with Crippen molar-refractivity contribution in [3.8, 4) is 5.75 Å². The number of nitrogens with two attached hydrogens (primary N) is 1. The largest absolute Gasteiger partial charge is 0.494 e. The van der Waals surface area contributed by atoms with Gasteiger partial charge in [-0.05, 0) is 25.5 Å². The Bertz CT molecular complexity index is 488. The molecule has 0 bridgehead atoms. The Morgan fingerprint density at radius 3 is 2.70 bits per heavy atom. The van der Waals surface area contributed by atoms with Crippen molar-refractivity contribution in [2.45, 2.75) is 26.4 Å². The highest BCUT2D eigenvalue weighted by molar-refractivity contribution is 5.96. The lowest BCUT2D eigenvalue weighted by Crippen LogP contribution is -2.36. The first-order chi connectivity index (χ1) is 9.51. The summed E-state index contributed by atoms with van der Waals surface area (Å²) >= 11 is 0. The van der Waals surface area contributed by atoms with E-state index in [4.69, 9.17) is 15.2 Å². The molecule has 0 radical (unpaired) electrons. The molecule has 1 aromatic rings. The molecule has 1 atom stereocenters. The van der Waals surface area contributed by atoms with E-state index in [-0.39, 0.29) is 17.2 Å². The number of carbonyl (C=O) groups is 2. The Balaban J connectivity index is 2.76. The molecular formula is C14H20N2O4. The minimum Gasteiger partial charge on any atom is -0.494 e. The van der Waals surface area contributed by atoms with Crippen LogP contribution in [-0.2, 0) is 9.53 Å². The van der Waals surface area contributed by atoms with Gasteiger partial charge in [0.25, 0.3) is 5.91 Å². The summed E-state index contributed by atoms with van der Waals surface area (Å²) in [5.74, 6) is -0.727. The second-order valence-corrected chi connectivity index (χ2v) is 4.27. The van der Waals surface area contributed by atoms with Crippen LogP contribution in [0.4, 0.5) is 5.69 Å². The number of ether oxygens (including phenoxy) is 2. The lowest BCUT2D eigenvalue weighted by molar-refractivity contribution is -0.129. The second-order valence-electron chi connectivity index (χ2n) is 4.27. The number of benzene rings is 1. The first-order valence-electron chi connectivity index (χ1n) is 6.42. The van der Waals surface area contributed by atoms with Crippen LogP contribution in [0.3, 0.4) is 0 Å². The van der Waals surface area contributed by atoms with E-state index in [0.717, 1.165) is 6.42 Å². The van der Waals surface area contributed by atoms with Crippen molar-refractivity contribution in [3.63, 3.8) is 0 Å². The molecule has 0 saturated heterocycles. The summed E-state index contributed by atoms with van der Waals surface area (Å²) < 4.78 is 10.2. The number of esters is 1. The van der Waals surface area contributed by atoms with Gasteiger partial charge in [-0.25, -0.2) is 4.79 Å². The van der Waals surface area contributed by atoms with E-state index in [9.17, 15) is 9.59 Å². The molecule has 1 aromatic carbocycles. The summed E-state index contributed by atoms with van der Waals surface area (Å²) in [5.41, 5.74) is 6.25.